The van der Waals surface area contributed by atoms with E-state index in [1.54, 1.807) is 11.8 Å². The van der Waals surface area contributed by atoms with E-state index < -0.39 is 0 Å². The zero-order valence-electron chi connectivity index (χ0n) is 18.4. The van der Waals surface area contributed by atoms with E-state index in [1.807, 2.05) is 61.3 Å². The third kappa shape index (κ3) is 4.94. The van der Waals surface area contributed by atoms with Crippen molar-refractivity contribution in [2.45, 2.75) is 19.9 Å². The minimum absolute atomic E-state index is 0.0327. The van der Waals surface area contributed by atoms with Crippen molar-refractivity contribution in [3.8, 4) is 17.0 Å². The molecule has 0 N–H and O–H groups in total. The van der Waals surface area contributed by atoms with E-state index in [0.717, 1.165) is 61.0 Å². The average molecular weight is 420 g/mol. The molecule has 31 heavy (non-hydrogen) atoms. The molecule has 162 valence electrons. The minimum Gasteiger partial charge on any atom is -0.497 e. The van der Waals surface area contributed by atoms with E-state index in [2.05, 4.69) is 21.0 Å². The van der Waals surface area contributed by atoms with Crippen LogP contribution in [0.15, 0.2) is 48.5 Å². The van der Waals surface area contributed by atoms with Crippen LogP contribution in [-0.2, 0) is 13.6 Å². The third-order valence-corrected chi connectivity index (χ3v) is 5.69. The lowest BCUT2D eigenvalue weighted by Gasteiger charge is -2.22. The highest BCUT2D eigenvalue weighted by atomic mass is 16.5. The fraction of sp³-hybridized carbons (Fsp3) is 0.375. The molecule has 0 bridgehead atoms. The topological polar surface area (TPSA) is 63.5 Å². The number of ether oxygens (including phenoxy) is 1. The Labute approximate surface area is 183 Å². The van der Waals surface area contributed by atoms with E-state index in [4.69, 9.17) is 4.74 Å². The number of aromatic nitrogens is 3. The Kier molecular flexibility index (Phi) is 6.32. The highest BCUT2D eigenvalue weighted by Crippen LogP contribution is 2.23. The van der Waals surface area contributed by atoms with Gasteiger partial charge in [0.05, 0.1) is 18.5 Å². The molecule has 0 aliphatic carbocycles. The molecule has 3 heterocycles. The molecular formula is C24H29N5O2. The normalized spacial score (nSPS) is 15.0. The number of nitrogens with zero attached hydrogens (tertiary/aromatic N) is 5. The van der Waals surface area contributed by atoms with Gasteiger partial charge in [0.15, 0.2) is 0 Å². The Morgan fingerprint density at radius 3 is 2.61 bits per heavy atom. The first-order valence-corrected chi connectivity index (χ1v) is 10.7. The van der Waals surface area contributed by atoms with Crippen LogP contribution in [0.3, 0.4) is 0 Å². The maximum absolute atomic E-state index is 13.2. The Morgan fingerprint density at radius 2 is 1.87 bits per heavy atom. The molecule has 1 fully saturated rings. The molecule has 1 aromatic carbocycles. The molecular weight excluding hydrogens is 390 g/mol. The maximum atomic E-state index is 13.2. The molecule has 0 atom stereocenters. The fourth-order valence-electron chi connectivity index (χ4n) is 3.98. The number of methoxy groups -OCH3 is 1. The molecule has 1 amide bonds. The summed E-state index contributed by atoms with van der Waals surface area (Å²) in [6.07, 6.45) is 0.945. The lowest BCUT2D eigenvalue weighted by atomic mass is 10.1. The summed E-state index contributed by atoms with van der Waals surface area (Å²) in [6, 6.07) is 15.7. The van der Waals surface area contributed by atoms with Crippen molar-refractivity contribution in [2.24, 2.45) is 7.05 Å². The third-order valence-electron chi connectivity index (χ3n) is 5.69. The highest BCUT2D eigenvalue weighted by molar-refractivity contribution is 5.93. The second kappa shape index (κ2) is 9.31. The van der Waals surface area contributed by atoms with Crippen LogP contribution in [0.25, 0.3) is 11.3 Å². The van der Waals surface area contributed by atoms with Crippen molar-refractivity contribution in [1.82, 2.24) is 24.6 Å². The Hall–Kier alpha value is -3.19. The zero-order chi connectivity index (χ0) is 21.8. The van der Waals surface area contributed by atoms with Crippen molar-refractivity contribution in [1.29, 1.82) is 0 Å². The van der Waals surface area contributed by atoms with Crippen molar-refractivity contribution < 1.29 is 9.53 Å². The van der Waals surface area contributed by atoms with Crippen LogP contribution in [0.2, 0.25) is 0 Å². The molecule has 1 saturated heterocycles. The quantitative estimate of drug-likeness (QED) is 0.636. The molecule has 7 nitrogen and oxygen atoms in total. The van der Waals surface area contributed by atoms with Crippen LogP contribution in [0.5, 0.6) is 5.75 Å². The first-order valence-electron chi connectivity index (χ1n) is 10.7. The molecule has 1 aliphatic heterocycles. The van der Waals surface area contributed by atoms with Gasteiger partial charge in [-0.15, -0.1) is 0 Å². The number of amides is 1. The first kappa shape index (κ1) is 21.1. The van der Waals surface area contributed by atoms with Gasteiger partial charge in [-0.1, -0.05) is 6.07 Å². The molecule has 4 rings (SSSR count). The Morgan fingerprint density at radius 1 is 1.06 bits per heavy atom. The molecule has 0 radical (unpaired) electrons. The fourth-order valence-corrected chi connectivity index (χ4v) is 3.98. The van der Waals surface area contributed by atoms with Gasteiger partial charge in [0.1, 0.15) is 11.4 Å². The van der Waals surface area contributed by atoms with Gasteiger partial charge in [-0.2, -0.15) is 5.10 Å². The largest absolute Gasteiger partial charge is 0.497 e. The van der Waals surface area contributed by atoms with Crippen molar-refractivity contribution in [3.05, 3.63) is 65.6 Å². The van der Waals surface area contributed by atoms with Gasteiger partial charge < -0.3 is 9.64 Å². The summed E-state index contributed by atoms with van der Waals surface area (Å²) in [4.78, 5) is 22.2. The molecule has 0 unspecified atom stereocenters. The summed E-state index contributed by atoms with van der Waals surface area (Å²) in [5.74, 6) is 0.830. The van der Waals surface area contributed by atoms with E-state index in [0.29, 0.717) is 12.2 Å². The first-order chi connectivity index (χ1) is 15.0. The smallest absolute Gasteiger partial charge is 0.272 e. The number of carbonyl (C=O) groups excluding carboxylic acids is 1. The molecule has 7 heteroatoms. The predicted molar refractivity (Wildman–Crippen MR) is 120 cm³/mol. The zero-order valence-corrected chi connectivity index (χ0v) is 18.4. The summed E-state index contributed by atoms with van der Waals surface area (Å²) >= 11 is 0. The lowest BCUT2D eigenvalue weighted by Crippen LogP contribution is -2.36. The van der Waals surface area contributed by atoms with Gasteiger partial charge in [0.2, 0.25) is 0 Å². The summed E-state index contributed by atoms with van der Waals surface area (Å²) in [5, 5.41) is 4.56. The van der Waals surface area contributed by atoms with Crippen LogP contribution in [0, 0.1) is 6.92 Å². The summed E-state index contributed by atoms with van der Waals surface area (Å²) in [7, 11) is 3.47. The van der Waals surface area contributed by atoms with E-state index in [-0.39, 0.29) is 5.91 Å². The minimum atomic E-state index is 0.0327. The van der Waals surface area contributed by atoms with Gasteiger partial charge >= 0.3 is 0 Å². The maximum Gasteiger partial charge on any atom is 0.272 e. The van der Waals surface area contributed by atoms with Gasteiger partial charge in [-0.05, 0) is 55.8 Å². The molecule has 1 aliphatic rings. The van der Waals surface area contributed by atoms with Gasteiger partial charge in [0, 0.05) is 51.0 Å². The van der Waals surface area contributed by atoms with E-state index in [1.165, 1.54) is 0 Å². The summed E-state index contributed by atoms with van der Waals surface area (Å²) in [6.45, 7) is 6.08. The van der Waals surface area contributed by atoms with Crippen molar-refractivity contribution in [2.75, 3.05) is 33.3 Å². The number of benzene rings is 1. The van der Waals surface area contributed by atoms with E-state index >= 15 is 0 Å². The molecule has 0 saturated carbocycles. The van der Waals surface area contributed by atoms with Gasteiger partial charge in [-0.25, -0.2) is 0 Å². The molecule has 2 aromatic heterocycles. The van der Waals surface area contributed by atoms with Gasteiger partial charge in [-0.3, -0.25) is 19.4 Å². The lowest BCUT2D eigenvalue weighted by molar-refractivity contribution is 0.0750. The Bertz CT molecular complexity index is 1040. The standard InChI is InChI=1S/C24H29N5O2/c1-18-6-4-7-20(25-18)17-28-12-5-13-29(15-14-28)24(30)23-16-22(26-27(23)2)19-8-10-21(31-3)11-9-19/h4,6-11,16H,5,12-15,17H2,1-3H3. The second-order valence-corrected chi connectivity index (χ2v) is 7.96. The number of hydrogen-bond acceptors (Lipinski definition) is 5. The van der Waals surface area contributed by atoms with E-state index in [9.17, 15) is 4.79 Å². The SMILES string of the molecule is COc1ccc(-c2cc(C(=O)N3CCCN(Cc4cccc(C)n4)CC3)n(C)n2)cc1. The summed E-state index contributed by atoms with van der Waals surface area (Å²) < 4.78 is 6.90. The number of aryl methyl sites for hydroxylation is 2. The number of rotatable bonds is 5. The van der Waals surface area contributed by atoms with Crippen molar-refractivity contribution >= 4 is 5.91 Å². The van der Waals surface area contributed by atoms with Crippen LogP contribution >= 0.6 is 0 Å². The Balaban J connectivity index is 1.43. The van der Waals surface area contributed by atoms with Crippen LogP contribution in [0.4, 0.5) is 0 Å². The average Bonchev–Trinajstić information content (AvgIpc) is 3.01. The highest BCUT2D eigenvalue weighted by Gasteiger charge is 2.23. The van der Waals surface area contributed by atoms with Gasteiger partial charge in [0.25, 0.3) is 5.91 Å². The monoisotopic (exact) mass is 419 g/mol. The van der Waals surface area contributed by atoms with Crippen molar-refractivity contribution in [3.63, 3.8) is 0 Å². The van der Waals surface area contributed by atoms with Crippen LogP contribution < -0.4 is 4.74 Å². The number of hydrogen-bond donors (Lipinski definition) is 0. The molecule has 0 spiro atoms. The summed E-state index contributed by atoms with van der Waals surface area (Å²) in [5.41, 5.74) is 4.47. The number of carbonyl (C=O) groups is 1. The number of pyridine rings is 1. The predicted octanol–water partition coefficient (Wildman–Crippen LogP) is 3.15. The van der Waals surface area contributed by atoms with Crippen LogP contribution in [0.1, 0.15) is 28.3 Å². The van der Waals surface area contributed by atoms with Crippen LogP contribution in [-0.4, -0.2) is 63.8 Å². The second-order valence-electron chi connectivity index (χ2n) is 7.96. The molecule has 3 aromatic rings.